The van der Waals surface area contributed by atoms with Gasteiger partial charge in [0, 0.05) is 10.6 Å². The number of benzene rings is 3. The molecule has 0 spiro atoms. The van der Waals surface area contributed by atoms with Crippen molar-refractivity contribution in [2.75, 3.05) is 0 Å². The first-order valence-corrected chi connectivity index (χ1v) is 11.1. The van der Waals surface area contributed by atoms with Crippen LogP contribution in [0.5, 0.6) is 5.75 Å². The number of aryl methyl sites for hydroxylation is 1. The fourth-order valence-electron chi connectivity index (χ4n) is 3.14. The van der Waals surface area contributed by atoms with Crippen LogP contribution in [0.1, 0.15) is 22.3 Å². The second kappa shape index (κ2) is 9.59. The Balaban J connectivity index is 1.42. The minimum absolute atomic E-state index is 0.118. The van der Waals surface area contributed by atoms with Crippen LogP contribution in [-0.2, 0) is 17.9 Å². The molecule has 1 aliphatic heterocycles. The summed E-state index contributed by atoms with van der Waals surface area (Å²) in [4.78, 5) is 26.3. The van der Waals surface area contributed by atoms with Crippen molar-refractivity contribution in [3.63, 3.8) is 0 Å². The van der Waals surface area contributed by atoms with Crippen molar-refractivity contribution in [2.45, 2.75) is 20.1 Å². The highest BCUT2D eigenvalue weighted by Gasteiger charge is 2.35. The van der Waals surface area contributed by atoms with Gasteiger partial charge in [0.25, 0.3) is 11.1 Å². The summed E-state index contributed by atoms with van der Waals surface area (Å²) < 4.78 is 19.9. The summed E-state index contributed by atoms with van der Waals surface area (Å²) >= 11 is 6.86. The van der Waals surface area contributed by atoms with Crippen molar-refractivity contribution in [1.82, 2.24) is 4.90 Å². The fraction of sp³-hybridized carbons (Fsp3) is 0.120. The van der Waals surface area contributed by atoms with E-state index in [9.17, 15) is 14.0 Å². The maximum Gasteiger partial charge on any atom is 0.293 e. The van der Waals surface area contributed by atoms with Gasteiger partial charge in [-0.3, -0.25) is 14.5 Å². The minimum atomic E-state index is -0.554. The molecule has 0 aromatic heterocycles. The molecular formula is C25H19ClFNO3S. The first kappa shape index (κ1) is 22.1. The molecule has 0 atom stereocenters. The molecule has 1 aliphatic rings. The van der Waals surface area contributed by atoms with E-state index < -0.39 is 17.0 Å². The zero-order valence-electron chi connectivity index (χ0n) is 17.2. The van der Waals surface area contributed by atoms with Gasteiger partial charge in [-0.1, -0.05) is 59.6 Å². The lowest BCUT2D eigenvalue weighted by atomic mass is 10.1. The number of hydrogen-bond acceptors (Lipinski definition) is 4. The van der Waals surface area contributed by atoms with Crippen molar-refractivity contribution in [3.05, 3.63) is 105 Å². The SMILES string of the molecule is Cc1ccc(COc2ccc(/C=C3\SC(=O)N(Cc4c(F)cccc4Cl)C3=O)cc2)cc1. The Morgan fingerprint density at radius 3 is 2.44 bits per heavy atom. The average Bonchev–Trinajstić information content (AvgIpc) is 3.04. The molecule has 162 valence electrons. The smallest absolute Gasteiger partial charge is 0.293 e. The van der Waals surface area contributed by atoms with Crippen LogP contribution in [0, 0.1) is 12.7 Å². The Morgan fingerprint density at radius 2 is 1.75 bits per heavy atom. The zero-order valence-corrected chi connectivity index (χ0v) is 18.8. The van der Waals surface area contributed by atoms with Gasteiger partial charge in [-0.2, -0.15) is 0 Å². The van der Waals surface area contributed by atoms with E-state index in [0.29, 0.717) is 12.4 Å². The van der Waals surface area contributed by atoms with E-state index in [1.165, 1.54) is 23.8 Å². The lowest BCUT2D eigenvalue weighted by Crippen LogP contribution is -2.28. The van der Waals surface area contributed by atoms with Crippen LogP contribution in [-0.4, -0.2) is 16.0 Å². The quantitative estimate of drug-likeness (QED) is 0.383. The summed E-state index contributed by atoms with van der Waals surface area (Å²) in [7, 11) is 0. The summed E-state index contributed by atoms with van der Waals surface area (Å²) in [5, 5.41) is -0.284. The van der Waals surface area contributed by atoms with Crippen molar-refractivity contribution >= 4 is 40.6 Å². The van der Waals surface area contributed by atoms with E-state index in [4.69, 9.17) is 16.3 Å². The van der Waals surface area contributed by atoms with Gasteiger partial charge in [0.1, 0.15) is 18.2 Å². The number of rotatable bonds is 6. The summed E-state index contributed by atoms with van der Waals surface area (Å²) in [6.07, 6.45) is 1.64. The number of thioether (sulfide) groups is 1. The molecule has 0 N–H and O–H groups in total. The molecule has 2 amide bonds. The summed E-state index contributed by atoms with van der Waals surface area (Å²) in [5.74, 6) is -0.328. The minimum Gasteiger partial charge on any atom is -0.489 e. The number of hydrogen-bond donors (Lipinski definition) is 0. The number of carbonyl (C=O) groups excluding carboxylic acids is 2. The zero-order chi connectivity index (χ0) is 22.7. The molecule has 3 aromatic carbocycles. The molecule has 0 bridgehead atoms. The second-order valence-electron chi connectivity index (χ2n) is 7.31. The van der Waals surface area contributed by atoms with E-state index in [-0.39, 0.29) is 22.0 Å². The van der Waals surface area contributed by atoms with Gasteiger partial charge < -0.3 is 4.74 Å². The van der Waals surface area contributed by atoms with Gasteiger partial charge in [-0.15, -0.1) is 0 Å². The summed E-state index contributed by atoms with van der Waals surface area (Å²) in [6, 6.07) is 19.6. The molecule has 1 heterocycles. The highest BCUT2D eigenvalue weighted by atomic mass is 35.5. The van der Waals surface area contributed by atoms with Gasteiger partial charge in [-0.25, -0.2) is 4.39 Å². The number of carbonyl (C=O) groups is 2. The van der Waals surface area contributed by atoms with E-state index in [1.54, 1.807) is 6.08 Å². The summed E-state index contributed by atoms with van der Waals surface area (Å²) in [5.41, 5.74) is 3.14. The Labute approximate surface area is 194 Å². The second-order valence-corrected chi connectivity index (χ2v) is 8.71. The number of nitrogens with zero attached hydrogens (tertiary/aromatic N) is 1. The van der Waals surface area contributed by atoms with Gasteiger partial charge >= 0.3 is 0 Å². The molecule has 1 fully saturated rings. The standard InChI is InChI=1S/C25H19ClFNO3S/c1-16-5-7-18(8-6-16)15-31-19-11-9-17(10-12-19)13-23-24(29)28(25(30)32-23)14-20-21(26)3-2-4-22(20)27/h2-13H,14-15H2,1H3/b23-13-. The molecule has 0 aliphatic carbocycles. The molecule has 32 heavy (non-hydrogen) atoms. The van der Waals surface area contributed by atoms with Crippen LogP contribution in [0.15, 0.2) is 71.6 Å². The monoisotopic (exact) mass is 467 g/mol. The predicted octanol–water partition coefficient (Wildman–Crippen LogP) is 6.60. The molecular weight excluding hydrogens is 449 g/mol. The highest BCUT2D eigenvalue weighted by Crippen LogP contribution is 2.34. The molecule has 0 saturated carbocycles. The van der Waals surface area contributed by atoms with Crippen LogP contribution in [0.2, 0.25) is 5.02 Å². The van der Waals surface area contributed by atoms with Crippen LogP contribution in [0.25, 0.3) is 6.08 Å². The average molecular weight is 468 g/mol. The highest BCUT2D eigenvalue weighted by molar-refractivity contribution is 8.18. The third-order valence-electron chi connectivity index (χ3n) is 4.96. The summed E-state index contributed by atoms with van der Waals surface area (Å²) in [6.45, 7) is 2.28. The van der Waals surface area contributed by atoms with E-state index >= 15 is 0 Å². The maximum absolute atomic E-state index is 14.1. The molecule has 0 radical (unpaired) electrons. The van der Waals surface area contributed by atoms with Crippen LogP contribution in [0.4, 0.5) is 9.18 Å². The third-order valence-corrected chi connectivity index (χ3v) is 6.22. The first-order chi connectivity index (χ1) is 15.4. The Bertz CT molecular complexity index is 1170. The van der Waals surface area contributed by atoms with Crippen molar-refractivity contribution in [1.29, 1.82) is 0 Å². The van der Waals surface area contributed by atoms with Crippen LogP contribution >= 0.6 is 23.4 Å². The fourth-order valence-corrected chi connectivity index (χ4v) is 4.20. The lowest BCUT2D eigenvalue weighted by molar-refractivity contribution is -0.123. The largest absolute Gasteiger partial charge is 0.489 e. The predicted molar refractivity (Wildman–Crippen MR) is 125 cm³/mol. The third kappa shape index (κ3) is 5.03. The molecule has 0 unspecified atom stereocenters. The number of halogens is 2. The van der Waals surface area contributed by atoms with E-state index in [2.05, 4.69) is 0 Å². The lowest BCUT2D eigenvalue weighted by Gasteiger charge is -2.14. The topological polar surface area (TPSA) is 46.6 Å². The molecule has 4 rings (SSSR count). The van der Waals surface area contributed by atoms with E-state index in [0.717, 1.165) is 27.8 Å². The van der Waals surface area contributed by atoms with Crippen molar-refractivity contribution < 1.29 is 18.7 Å². The molecule has 4 nitrogen and oxygen atoms in total. The Kier molecular flexibility index (Phi) is 6.63. The number of amides is 2. The maximum atomic E-state index is 14.1. The van der Waals surface area contributed by atoms with Gasteiger partial charge in [0.05, 0.1) is 11.4 Å². The van der Waals surface area contributed by atoms with E-state index in [1.807, 2.05) is 55.5 Å². The van der Waals surface area contributed by atoms with Crippen molar-refractivity contribution in [3.8, 4) is 5.75 Å². The molecule has 3 aromatic rings. The molecule has 7 heteroatoms. The first-order valence-electron chi connectivity index (χ1n) is 9.87. The van der Waals surface area contributed by atoms with Crippen LogP contribution < -0.4 is 4.74 Å². The normalized spacial score (nSPS) is 15.0. The number of ether oxygens (including phenoxy) is 1. The Hall–Kier alpha value is -3.09. The van der Waals surface area contributed by atoms with Crippen molar-refractivity contribution in [2.24, 2.45) is 0 Å². The number of imide groups is 1. The van der Waals surface area contributed by atoms with Crippen LogP contribution in [0.3, 0.4) is 0 Å². The van der Waals surface area contributed by atoms with Gasteiger partial charge in [0.15, 0.2) is 0 Å². The van der Waals surface area contributed by atoms with Gasteiger partial charge in [-0.05, 0) is 60.2 Å². The Morgan fingerprint density at radius 1 is 1.03 bits per heavy atom. The van der Waals surface area contributed by atoms with Gasteiger partial charge in [0.2, 0.25) is 0 Å². The molecule has 1 saturated heterocycles.